The van der Waals surface area contributed by atoms with Crippen LogP contribution in [0.15, 0.2) is 54.7 Å². The number of carbonyl (C=O) groups is 1. The molecule has 0 bridgehead atoms. The molecule has 1 heterocycles. The summed E-state index contributed by atoms with van der Waals surface area (Å²) in [6.07, 6.45) is 2.27. The first-order valence-electron chi connectivity index (χ1n) is 8.79. The number of methoxy groups -OCH3 is 1. The molecule has 2 aromatic carbocycles. The third kappa shape index (κ3) is 5.96. The highest BCUT2D eigenvalue weighted by atomic mass is 16.5. The lowest BCUT2D eigenvalue weighted by atomic mass is 10.1. The average molecular weight is 398 g/mol. The molecular formula is C20H26N6O3. The van der Waals surface area contributed by atoms with Crippen molar-refractivity contribution in [1.29, 1.82) is 0 Å². The number of aryl methyl sites for hydroxylation is 1. The van der Waals surface area contributed by atoms with Crippen molar-refractivity contribution in [3.05, 3.63) is 65.9 Å². The maximum absolute atomic E-state index is 8.94. The first-order valence-corrected chi connectivity index (χ1v) is 8.79. The molecule has 0 fully saturated rings. The van der Waals surface area contributed by atoms with E-state index in [1.54, 1.807) is 22.2 Å². The van der Waals surface area contributed by atoms with Gasteiger partial charge < -0.3 is 14.5 Å². The topological polar surface area (TPSA) is 121 Å². The molecule has 0 unspecified atom stereocenters. The summed E-state index contributed by atoms with van der Waals surface area (Å²) in [7, 11) is 3.46. The number of nitrogens with zero attached hydrogens (tertiary/aromatic N) is 3. The Kier molecular flexibility index (Phi) is 8.01. The van der Waals surface area contributed by atoms with Crippen LogP contribution < -0.4 is 31.6 Å². The second kappa shape index (κ2) is 10.7. The summed E-state index contributed by atoms with van der Waals surface area (Å²) in [6, 6.07) is 15.5. The van der Waals surface area contributed by atoms with Crippen LogP contribution in [0.2, 0.25) is 0 Å². The molecule has 1 aromatic heterocycles. The smallest absolute Gasteiger partial charge is 0.233 e. The minimum absolute atomic E-state index is 0.403. The molecule has 29 heavy (non-hydrogen) atoms. The summed E-state index contributed by atoms with van der Waals surface area (Å²) in [5, 5.41) is 6.06. The minimum Gasteiger partial charge on any atom is -0.497 e. The van der Waals surface area contributed by atoms with Gasteiger partial charge in [-0.25, -0.2) is 16.4 Å². The van der Waals surface area contributed by atoms with E-state index in [1.165, 1.54) is 0 Å². The maximum atomic E-state index is 8.94. The monoisotopic (exact) mass is 398 g/mol. The predicted molar refractivity (Wildman–Crippen MR) is 112 cm³/mol. The molecule has 1 amide bonds. The fourth-order valence-corrected chi connectivity index (χ4v) is 2.61. The van der Waals surface area contributed by atoms with Gasteiger partial charge in [0.2, 0.25) is 12.3 Å². The minimum atomic E-state index is 0.403. The van der Waals surface area contributed by atoms with E-state index in [9.17, 15) is 0 Å². The molecule has 5 N–H and O–H groups in total. The molecule has 0 aliphatic heterocycles. The molecule has 154 valence electrons. The van der Waals surface area contributed by atoms with Gasteiger partial charge in [-0.1, -0.05) is 12.1 Å². The van der Waals surface area contributed by atoms with Crippen LogP contribution in [0.25, 0.3) is 5.69 Å². The Bertz CT molecular complexity index is 909. The van der Waals surface area contributed by atoms with Gasteiger partial charge in [-0.3, -0.25) is 10.2 Å². The van der Waals surface area contributed by atoms with Gasteiger partial charge >= 0.3 is 0 Å². The summed E-state index contributed by atoms with van der Waals surface area (Å²) in [5.74, 6) is 11.7. The molecule has 3 aromatic rings. The SMILES string of the molecule is COc1ccc(-n2ccc(OCc3c(C)cccc3N(C)N)n2)cc1.NNC=O. The van der Waals surface area contributed by atoms with E-state index < -0.39 is 0 Å². The van der Waals surface area contributed by atoms with Gasteiger partial charge in [-0.15, -0.1) is 5.10 Å². The van der Waals surface area contributed by atoms with Crippen molar-refractivity contribution in [1.82, 2.24) is 15.2 Å². The Hall–Kier alpha value is -3.56. The number of nitrogens with two attached hydrogens (primary N) is 2. The lowest BCUT2D eigenvalue weighted by Crippen LogP contribution is -2.26. The fourth-order valence-electron chi connectivity index (χ4n) is 2.61. The Morgan fingerprint density at radius 3 is 2.48 bits per heavy atom. The van der Waals surface area contributed by atoms with E-state index in [0.29, 0.717) is 18.9 Å². The first-order chi connectivity index (χ1) is 14.0. The Morgan fingerprint density at radius 1 is 1.21 bits per heavy atom. The largest absolute Gasteiger partial charge is 0.497 e. The number of anilines is 1. The highest BCUT2D eigenvalue weighted by Gasteiger charge is 2.10. The number of ether oxygens (including phenoxy) is 2. The quantitative estimate of drug-likeness (QED) is 0.240. The van der Waals surface area contributed by atoms with Crippen molar-refractivity contribution in [3.63, 3.8) is 0 Å². The molecule has 0 radical (unpaired) electrons. The molecule has 9 heteroatoms. The third-order valence-corrected chi connectivity index (χ3v) is 4.10. The highest BCUT2D eigenvalue weighted by molar-refractivity contribution is 5.55. The zero-order chi connectivity index (χ0) is 21.2. The van der Waals surface area contributed by atoms with Crippen LogP contribution in [0.1, 0.15) is 11.1 Å². The lowest BCUT2D eigenvalue weighted by Gasteiger charge is -2.18. The third-order valence-electron chi connectivity index (χ3n) is 4.10. The number of nitrogens with one attached hydrogen (secondary N) is 1. The Labute approximate surface area is 169 Å². The van der Waals surface area contributed by atoms with Crippen molar-refractivity contribution in [2.45, 2.75) is 13.5 Å². The normalized spacial score (nSPS) is 9.83. The number of benzene rings is 2. The van der Waals surface area contributed by atoms with Gasteiger partial charge in [0, 0.05) is 24.9 Å². The standard InChI is InChI=1S/C19H22N4O2.CH4N2O/c1-14-5-4-6-18(22(2)20)17(14)13-25-19-11-12-23(21-19)15-7-9-16(24-3)10-8-15;2-3-1-4/h4-12H,13,20H2,1-3H3;1H,2H2,(H,3,4). The van der Waals surface area contributed by atoms with E-state index in [0.717, 1.165) is 28.3 Å². The summed E-state index contributed by atoms with van der Waals surface area (Å²) in [5.41, 5.74) is 5.80. The predicted octanol–water partition coefficient (Wildman–Crippen LogP) is 1.68. The average Bonchev–Trinajstić information content (AvgIpc) is 3.22. The van der Waals surface area contributed by atoms with Gasteiger partial charge in [0.15, 0.2) is 0 Å². The highest BCUT2D eigenvalue weighted by Crippen LogP contribution is 2.23. The molecule has 0 aliphatic carbocycles. The Balaban J connectivity index is 0.000000687. The van der Waals surface area contributed by atoms with Gasteiger partial charge in [0.05, 0.1) is 18.5 Å². The van der Waals surface area contributed by atoms with Crippen LogP contribution in [-0.2, 0) is 11.4 Å². The second-order valence-corrected chi connectivity index (χ2v) is 6.05. The van der Waals surface area contributed by atoms with Crippen molar-refractivity contribution >= 4 is 12.1 Å². The van der Waals surface area contributed by atoms with E-state index in [-0.39, 0.29) is 0 Å². The van der Waals surface area contributed by atoms with Crippen LogP contribution in [0.5, 0.6) is 11.6 Å². The number of amides is 1. The van der Waals surface area contributed by atoms with Crippen molar-refractivity contribution in [2.24, 2.45) is 11.7 Å². The van der Waals surface area contributed by atoms with E-state index in [4.69, 9.17) is 20.1 Å². The van der Waals surface area contributed by atoms with Crippen LogP contribution in [0.4, 0.5) is 5.69 Å². The number of rotatable bonds is 7. The van der Waals surface area contributed by atoms with E-state index in [1.807, 2.05) is 68.7 Å². The molecule has 0 atom stereocenters. The van der Waals surface area contributed by atoms with Gasteiger partial charge in [-0.05, 0) is 42.8 Å². The fraction of sp³-hybridized carbons (Fsp3) is 0.200. The van der Waals surface area contributed by atoms with Crippen LogP contribution in [0, 0.1) is 6.92 Å². The Morgan fingerprint density at radius 2 is 1.90 bits per heavy atom. The summed E-state index contributed by atoms with van der Waals surface area (Å²) >= 11 is 0. The molecule has 0 saturated heterocycles. The van der Waals surface area contributed by atoms with E-state index in [2.05, 4.69) is 10.9 Å². The summed E-state index contributed by atoms with van der Waals surface area (Å²) in [6.45, 7) is 2.45. The van der Waals surface area contributed by atoms with Crippen LogP contribution >= 0.6 is 0 Å². The molecule has 3 rings (SSSR count). The van der Waals surface area contributed by atoms with Crippen molar-refractivity contribution in [2.75, 3.05) is 19.2 Å². The zero-order valence-corrected chi connectivity index (χ0v) is 16.7. The number of hydrogen-bond donors (Lipinski definition) is 3. The van der Waals surface area contributed by atoms with Crippen molar-refractivity contribution in [3.8, 4) is 17.3 Å². The lowest BCUT2D eigenvalue weighted by molar-refractivity contribution is -0.109. The first kappa shape index (κ1) is 21.7. The second-order valence-electron chi connectivity index (χ2n) is 6.05. The number of hydrogen-bond acceptors (Lipinski definition) is 7. The zero-order valence-electron chi connectivity index (χ0n) is 16.7. The number of carbonyl (C=O) groups excluding carboxylic acids is 1. The molecule has 9 nitrogen and oxygen atoms in total. The van der Waals surface area contributed by atoms with Crippen LogP contribution in [0.3, 0.4) is 0 Å². The van der Waals surface area contributed by atoms with Crippen molar-refractivity contribution < 1.29 is 14.3 Å². The van der Waals surface area contributed by atoms with E-state index >= 15 is 0 Å². The van der Waals surface area contributed by atoms with Gasteiger partial charge in [0.1, 0.15) is 12.4 Å². The number of hydrazine groups is 2. The van der Waals surface area contributed by atoms with Crippen LogP contribution in [-0.4, -0.2) is 30.3 Å². The molecule has 0 spiro atoms. The maximum Gasteiger partial charge on any atom is 0.233 e. The molecule has 0 saturated carbocycles. The van der Waals surface area contributed by atoms with Gasteiger partial charge in [-0.2, -0.15) is 0 Å². The number of aromatic nitrogens is 2. The summed E-state index contributed by atoms with van der Waals surface area (Å²) in [4.78, 5) is 8.94. The molecule has 0 aliphatic rings. The van der Waals surface area contributed by atoms with Gasteiger partial charge in [0.25, 0.3) is 0 Å². The summed E-state index contributed by atoms with van der Waals surface area (Å²) < 4.78 is 12.8. The molecular weight excluding hydrogens is 372 g/mol.